The highest BCUT2D eigenvalue weighted by molar-refractivity contribution is 6.07. The van der Waals surface area contributed by atoms with E-state index in [1.807, 2.05) is 12.1 Å². The van der Waals surface area contributed by atoms with Gasteiger partial charge >= 0.3 is 0 Å². The Balaban J connectivity index is 2.65. The zero-order valence-corrected chi connectivity index (χ0v) is 7.14. The molecule has 4 heteroatoms. The Kier molecular flexibility index (Phi) is 1.28. The molecule has 0 fully saturated rings. The average molecular weight is 183 g/mol. The summed E-state index contributed by atoms with van der Waals surface area (Å²) in [5.41, 5.74) is 1.52. The predicted molar refractivity (Wildman–Crippen MR) is 49.8 cm³/mol. The average Bonchev–Trinajstić information content (AvgIpc) is 2.59. The summed E-state index contributed by atoms with van der Waals surface area (Å²) in [5, 5.41) is 1.39. The molecule has 3 rings (SSSR count). The molecule has 4 nitrogen and oxygen atoms in total. The van der Waals surface area contributed by atoms with Gasteiger partial charge in [0, 0.05) is 17.5 Å². The van der Waals surface area contributed by atoms with Crippen molar-refractivity contribution in [2.75, 3.05) is 0 Å². The minimum atomic E-state index is -0.236. The van der Waals surface area contributed by atoms with Crippen molar-refractivity contribution < 1.29 is 4.79 Å². The lowest BCUT2D eigenvalue weighted by Gasteiger charge is -1.93. The van der Waals surface area contributed by atoms with Gasteiger partial charge in [-0.3, -0.25) is 14.8 Å². The third-order valence-electron chi connectivity index (χ3n) is 2.14. The molecule has 0 atom stereocenters. The molecule has 14 heavy (non-hydrogen) atoms. The number of carbonyl (C=O) groups excluding carboxylic acids is 1. The second-order valence-corrected chi connectivity index (χ2v) is 3.02. The number of nitrogens with zero attached hydrogens (tertiary/aromatic N) is 3. The Morgan fingerprint density at radius 3 is 3.07 bits per heavy atom. The van der Waals surface area contributed by atoms with Gasteiger partial charge in [0.2, 0.25) is 0 Å². The highest BCUT2D eigenvalue weighted by Crippen LogP contribution is 2.00. The van der Waals surface area contributed by atoms with Crippen LogP contribution in [0.5, 0.6) is 0 Å². The van der Waals surface area contributed by atoms with Gasteiger partial charge in [0.1, 0.15) is 0 Å². The van der Waals surface area contributed by atoms with Crippen molar-refractivity contribution in [2.24, 2.45) is 4.99 Å². The predicted octanol–water partition coefficient (Wildman–Crippen LogP) is -0.430. The van der Waals surface area contributed by atoms with Crippen LogP contribution in [0.1, 0.15) is 0 Å². The van der Waals surface area contributed by atoms with Crippen LogP contribution in [0.15, 0.2) is 29.5 Å². The summed E-state index contributed by atoms with van der Waals surface area (Å²) in [6.07, 6.45) is 4.77. The number of aromatic nitrogens is 2. The first-order valence-corrected chi connectivity index (χ1v) is 4.19. The fraction of sp³-hybridized carbons (Fsp3) is 0. The number of carbonyl (C=O) groups is 1. The molecule has 0 aromatic carbocycles. The third-order valence-corrected chi connectivity index (χ3v) is 2.14. The van der Waals surface area contributed by atoms with Crippen LogP contribution in [0, 0.1) is 0 Å². The van der Waals surface area contributed by atoms with Crippen LogP contribution in [-0.4, -0.2) is 15.9 Å². The molecule has 3 heterocycles. The molecular formula is C10H5N3O. The van der Waals surface area contributed by atoms with Crippen LogP contribution in [0.25, 0.3) is 17.1 Å². The fourth-order valence-corrected chi connectivity index (χ4v) is 1.54. The topological polar surface area (TPSA) is 55.2 Å². The molecule has 66 valence electrons. The molecule has 2 aromatic rings. The maximum atomic E-state index is 11.1. The van der Waals surface area contributed by atoms with Crippen molar-refractivity contribution in [3.63, 3.8) is 0 Å². The molecule has 0 aliphatic carbocycles. The van der Waals surface area contributed by atoms with E-state index in [9.17, 15) is 4.79 Å². The first kappa shape index (κ1) is 7.32. The molecule has 0 unspecified atom stereocenters. The zero-order chi connectivity index (χ0) is 9.54. The van der Waals surface area contributed by atoms with Crippen LogP contribution in [-0.2, 0) is 4.79 Å². The van der Waals surface area contributed by atoms with Crippen molar-refractivity contribution in [1.82, 2.24) is 9.97 Å². The molecular weight excluding hydrogens is 178 g/mol. The smallest absolute Gasteiger partial charge is 0.267 e. The minimum Gasteiger partial charge on any atom is -0.267 e. The Labute approximate surface area is 78.6 Å². The van der Waals surface area contributed by atoms with Gasteiger partial charge in [0.25, 0.3) is 5.91 Å². The van der Waals surface area contributed by atoms with E-state index in [0.717, 1.165) is 16.3 Å². The Morgan fingerprint density at radius 2 is 2.14 bits per heavy atom. The SMILES string of the molecule is O=C1C=c2c(cnc3cccnc23)=N1. The largest absolute Gasteiger partial charge is 0.271 e. The van der Waals surface area contributed by atoms with Gasteiger partial charge in [0.05, 0.1) is 22.6 Å². The first-order chi connectivity index (χ1) is 6.84. The van der Waals surface area contributed by atoms with Gasteiger partial charge in [-0.05, 0) is 12.1 Å². The Bertz CT molecular complexity index is 661. The molecule has 1 aliphatic heterocycles. The summed E-state index contributed by atoms with van der Waals surface area (Å²) in [6, 6.07) is 3.68. The van der Waals surface area contributed by atoms with E-state index in [-0.39, 0.29) is 5.91 Å². The van der Waals surface area contributed by atoms with Gasteiger partial charge < -0.3 is 0 Å². The van der Waals surface area contributed by atoms with Crippen LogP contribution < -0.4 is 10.6 Å². The standard InChI is InChI=1S/C10H5N3O/c14-9-4-6-8(13-9)5-12-7-2-1-3-11-10(6)7/h1-5H. The van der Waals surface area contributed by atoms with Gasteiger partial charge in [-0.1, -0.05) is 0 Å². The van der Waals surface area contributed by atoms with Crippen molar-refractivity contribution in [3.05, 3.63) is 35.1 Å². The van der Waals surface area contributed by atoms with Gasteiger partial charge in [-0.25, -0.2) is 4.99 Å². The maximum Gasteiger partial charge on any atom is 0.271 e. The van der Waals surface area contributed by atoms with E-state index >= 15 is 0 Å². The fourth-order valence-electron chi connectivity index (χ4n) is 1.54. The second kappa shape index (κ2) is 2.45. The zero-order valence-electron chi connectivity index (χ0n) is 7.14. The van der Waals surface area contributed by atoms with Gasteiger partial charge in [-0.15, -0.1) is 0 Å². The highest BCUT2D eigenvalue weighted by Gasteiger charge is 2.07. The molecule has 1 aliphatic rings. The van der Waals surface area contributed by atoms with E-state index in [4.69, 9.17) is 0 Å². The van der Waals surface area contributed by atoms with Crippen LogP contribution in [0.3, 0.4) is 0 Å². The number of amides is 1. The number of fused-ring (bicyclic) bond motifs is 3. The Morgan fingerprint density at radius 1 is 1.21 bits per heavy atom. The summed E-state index contributed by atoms with van der Waals surface area (Å²) in [4.78, 5) is 23.2. The van der Waals surface area contributed by atoms with E-state index in [2.05, 4.69) is 15.0 Å². The van der Waals surface area contributed by atoms with Gasteiger partial charge in [0.15, 0.2) is 0 Å². The molecule has 1 amide bonds. The molecule has 0 saturated heterocycles. The summed E-state index contributed by atoms with van der Waals surface area (Å²) in [5.74, 6) is -0.236. The quantitative estimate of drug-likeness (QED) is 0.557. The summed E-state index contributed by atoms with van der Waals surface area (Å²) in [6.45, 7) is 0. The number of rotatable bonds is 0. The van der Waals surface area contributed by atoms with Crippen LogP contribution >= 0.6 is 0 Å². The van der Waals surface area contributed by atoms with Crippen molar-refractivity contribution in [3.8, 4) is 0 Å². The number of hydrogen-bond donors (Lipinski definition) is 0. The first-order valence-electron chi connectivity index (χ1n) is 4.19. The van der Waals surface area contributed by atoms with Gasteiger partial charge in [-0.2, -0.15) is 0 Å². The lowest BCUT2D eigenvalue weighted by atomic mass is 10.2. The summed E-state index contributed by atoms with van der Waals surface area (Å²) in [7, 11) is 0. The molecule has 0 radical (unpaired) electrons. The minimum absolute atomic E-state index is 0.236. The summed E-state index contributed by atoms with van der Waals surface area (Å²) < 4.78 is 0. The van der Waals surface area contributed by atoms with Crippen LogP contribution in [0.4, 0.5) is 0 Å². The molecule has 0 N–H and O–H groups in total. The lowest BCUT2D eigenvalue weighted by Crippen LogP contribution is -2.23. The van der Waals surface area contributed by atoms with Crippen LogP contribution in [0.2, 0.25) is 0 Å². The number of hydrogen-bond acceptors (Lipinski definition) is 3. The van der Waals surface area contributed by atoms with Crippen molar-refractivity contribution >= 4 is 23.0 Å². The van der Waals surface area contributed by atoms with E-state index < -0.39 is 0 Å². The summed E-state index contributed by atoms with van der Waals surface area (Å²) >= 11 is 0. The lowest BCUT2D eigenvalue weighted by molar-refractivity contribution is -0.112. The monoisotopic (exact) mass is 183 g/mol. The van der Waals surface area contributed by atoms with E-state index in [1.54, 1.807) is 12.4 Å². The number of pyridine rings is 2. The van der Waals surface area contributed by atoms with Crippen molar-refractivity contribution in [1.29, 1.82) is 0 Å². The van der Waals surface area contributed by atoms with Crippen molar-refractivity contribution in [2.45, 2.75) is 0 Å². The van der Waals surface area contributed by atoms with E-state index in [1.165, 1.54) is 6.08 Å². The molecule has 0 saturated carbocycles. The highest BCUT2D eigenvalue weighted by atomic mass is 16.1. The molecule has 2 aromatic heterocycles. The normalized spacial score (nSPS) is 13.6. The second-order valence-electron chi connectivity index (χ2n) is 3.02. The molecule has 0 bridgehead atoms. The van der Waals surface area contributed by atoms with E-state index in [0.29, 0.717) is 5.36 Å². The maximum absolute atomic E-state index is 11.1. The molecule has 0 spiro atoms. The third kappa shape index (κ3) is 0.877. The Hall–Kier alpha value is -2.10.